The fraction of sp³-hybridized carbons (Fsp3) is 0.467. The molecule has 0 saturated heterocycles. The first-order valence-electron chi connectivity index (χ1n) is 6.98. The summed E-state index contributed by atoms with van der Waals surface area (Å²) in [4.78, 5) is 4.66. The maximum absolute atomic E-state index is 5.75. The van der Waals surface area contributed by atoms with Crippen LogP contribution >= 0.6 is 0 Å². The van der Waals surface area contributed by atoms with Gasteiger partial charge in [-0.1, -0.05) is 23.7 Å². The van der Waals surface area contributed by atoms with E-state index in [1.54, 1.807) is 0 Å². The van der Waals surface area contributed by atoms with Crippen LogP contribution < -0.4 is 5.73 Å². The van der Waals surface area contributed by atoms with Crippen LogP contribution in [0.3, 0.4) is 0 Å². The van der Waals surface area contributed by atoms with E-state index in [-0.39, 0.29) is 5.41 Å². The number of benzene rings is 1. The molecule has 2 fully saturated rings. The van der Waals surface area contributed by atoms with E-state index in [2.05, 4.69) is 22.3 Å². The van der Waals surface area contributed by atoms with Gasteiger partial charge in [-0.3, -0.25) is 0 Å². The Morgan fingerprint density at radius 3 is 2.47 bits per heavy atom. The third kappa shape index (κ3) is 1.66. The maximum atomic E-state index is 5.75. The third-order valence-corrected chi connectivity index (χ3v) is 4.53. The van der Waals surface area contributed by atoms with Crippen molar-refractivity contribution in [1.29, 1.82) is 0 Å². The molecule has 19 heavy (non-hydrogen) atoms. The summed E-state index contributed by atoms with van der Waals surface area (Å²) in [5.74, 6) is 2.22. The van der Waals surface area contributed by atoms with Crippen molar-refractivity contribution in [3.8, 4) is 0 Å². The first-order valence-corrected chi connectivity index (χ1v) is 6.98. The number of nitrogens with zero attached hydrogens (tertiary/aromatic N) is 2. The van der Waals surface area contributed by atoms with Crippen molar-refractivity contribution in [1.82, 2.24) is 10.1 Å². The minimum Gasteiger partial charge on any atom is -0.399 e. The van der Waals surface area contributed by atoms with Crippen LogP contribution in [0.1, 0.15) is 55.3 Å². The lowest BCUT2D eigenvalue weighted by Crippen LogP contribution is -2.12. The fourth-order valence-electron chi connectivity index (χ4n) is 2.81. The van der Waals surface area contributed by atoms with E-state index in [0.29, 0.717) is 5.92 Å². The Hall–Kier alpha value is -1.84. The summed E-state index contributed by atoms with van der Waals surface area (Å²) < 4.78 is 5.54. The molecule has 0 amide bonds. The van der Waals surface area contributed by atoms with Crippen LogP contribution in [0.4, 0.5) is 5.69 Å². The van der Waals surface area contributed by atoms with Crippen LogP contribution in [-0.2, 0) is 5.41 Å². The van der Waals surface area contributed by atoms with E-state index in [0.717, 1.165) is 30.2 Å². The van der Waals surface area contributed by atoms with Gasteiger partial charge in [0.2, 0.25) is 5.89 Å². The number of aromatic nitrogens is 2. The standard InChI is InChI=1S/C15H17N3O/c16-12-6-4-11(5-7-12)15(8-9-15)14-17-13(18-19-14)10-2-1-3-10/h4-7,10H,1-3,8-9,16H2. The van der Waals surface area contributed by atoms with E-state index < -0.39 is 0 Å². The Labute approximate surface area is 112 Å². The second-order valence-electron chi connectivity index (χ2n) is 5.79. The molecule has 4 heteroatoms. The van der Waals surface area contributed by atoms with Crippen molar-refractivity contribution in [3.05, 3.63) is 41.5 Å². The molecule has 0 unspecified atom stereocenters. The van der Waals surface area contributed by atoms with E-state index >= 15 is 0 Å². The molecule has 2 saturated carbocycles. The highest BCUT2D eigenvalue weighted by molar-refractivity contribution is 5.46. The molecule has 0 atom stereocenters. The summed E-state index contributed by atoms with van der Waals surface area (Å²) in [5.41, 5.74) is 7.74. The largest absolute Gasteiger partial charge is 0.399 e. The van der Waals surface area contributed by atoms with Crippen LogP contribution in [0.2, 0.25) is 0 Å². The Morgan fingerprint density at radius 1 is 1.16 bits per heavy atom. The predicted octanol–water partition coefficient (Wildman–Crippen LogP) is 3.00. The SMILES string of the molecule is Nc1ccc(C2(c3nc(C4CCC4)no3)CC2)cc1. The molecule has 0 spiro atoms. The highest BCUT2D eigenvalue weighted by Crippen LogP contribution is 2.53. The second-order valence-corrected chi connectivity index (χ2v) is 5.79. The number of anilines is 1. The highest BCUT2D eigenvalue weighted by Gasteiger charge is 2.51. The Bertz CT molecular complexity index is 594. The van der Waals surface area contributed by atoms with Crippen molar-refractivity contribution in [3.63, 3.8) is 0 Å². The summed E-state index contributed by atoms with van der Waals surface area (Å²) >= 11 is 0. The molecule has 1 heterocycles. The van der Waals surface area contributed by atoms with Crippen LogP contribution in [-0.4, -0.2) is 10.1 Å². The summed E-state index contributed by atoms with van der Waals surface area (Å²) in [7, 11) is 0. The lowest BCUT2D eigenvalue weighted by Gasteiger charge is -2.21. The van der Waals surface area contributed by atoms with Crippen molar-refractivity contribution in [2.45, 2.75) is 43.4 Å². The van der Waals surface area contributed by atoms with Crippen molar-refractivity contribution >= 4 is 5.69 Å². The molecule has 4 nitrogen and oxygen atoms in total. The third-order valence-electron chi connectivity index (χ3n) is 4.53. The maximum Gasteiger partial charge on any atom is 0.237 e. The molecule has 0 aliphatic heterocycles. The van der Waals surface area contributed by atoms with Crippen LogP contribution in [0.15, 0.2) is 28.8 Å². The number of nitrogen functional groups attached to an aromatic ring is 1. The smallest absolute Gasteiger partial charge is 0.237 e. The van der Waals surface area contributed by atoms with E-state index in [4.69, 9.17) is 10.3 Å². The van der Waals surface area contributed by atoms with Crippen LogP contribution in [0.5, 0.6) is 0 Å². The molecule has 98 valence electrons. The number of nitrogens with two attached hydrogens (primary N) is 1. The van der Waals surface area contributed by atoms with Gasteiger partial charge in [0, 0.05) is 11.6 Å². The predicted molar refractivity (Wildman–Crippen MR) is 71.8 cm³/mol. The average Bonchev–Trinajstić information content (AvgIpc) is 3.02. The molecule has 1 aromatic heterocycles. The van der Waals surface area contributed by atoms with Gasteiger partial charge in [-0.25, -0.2) is 0 Å². The molecular weight excluding hydrogens is 238 g/mol. The molecular formula is C15H17N3O. The van der Waals surface area contributed by atoms with Crippen molar-refractivity contribution in [2.75, 3.05) is 5.73 Å². The van der Waals surface area contributed by atoms with Gasteiger partial charge < -0.3 is 10.3 Å². The number of hydrogen-bond acceptors (Lipinski definition) is 4. The number of hydrogen-bond donors (Lipinski definition) is 1. The minimum atomic E-state index is -0.0390. The second kappa shape index (κ2) is 3.83. The van der Waals surface area contributed by atoms with Gasteiger partial charge in [0.15, 0.2) is 5.82 Å². The first kappa shape index (κ1) is 11.0. The quantitative estimate of drug-likeness (QED) is 0.856. The zero-order valence-electron chi connectivity index (χ0n) is 10.8. The zero-order valence-corrected chi connectivity index (χ0v) is 10.8. The minimum absolute atomic E-state index is 0.0390. The first-order chi connectivity index (χ1) is 9.28. The van der Waals surface area contributed by atoms with E-state index in [1.165, 1.54) is 24.8 Å². The van der Waals surface area contributed by atoms with Gasteiger partial charge in [-0.15, -0.1) is 0 Å². The Balaban J connectivity index is 1.67. The highest BCUT2D eigenvalue weighted by atomic mass is 16.5. The molecule has 2 N–H and O–H groups in total. The summed E-state index contributed by atoms with van der Waals surface area (Å²) in [5, 5.41) is 4.18. The summed E-state index contributed by atoms with van der Waals surface area (Å²) in [6.45, 7) is 0. The Kier molecular flexibility index (Phi) is 2.22. The Morgan fingerprint density at radius 2 is 1.89 bits per heavy atom. The normalized spacial score (nSPS) is 21.1. The van der Waals surface area contributed by atoms with Gasteiger partial charge in [0.1, 0.15) is 0 Å². The molecule has 2 aromatic rings. The lowest BCUT2D eigenvalue weighted by molar-refractivity contribution is 0.337. The van der Waals surface area contributed by atoms with Gasteiger partial charge in [0.25, 0.3) is 0 Å². The molecule has 0 bridgehead atoms. The lowest BCUT2D eigenvalue weighted by atomic mass is 9.85. The molecule has 1 aromatic carbocycles. The fourth-order valence-corrected chi connectivity index (χ4v) is 2.81. The van der Waals surface area contributed by atoms with E-state index in [1.807, 2.05) is 12.1 Å². The van der Waals surface area contributed by atoms with Crippen LogP contribution in [0.25, 0.3) is 0 Å². The number of rotatable bonds is 3. The average molecular weight is 255 g/mol. The van der Waals surface area contributed by atoms with Gasteiger partial charge in [-0.05, 0) is 43.4 Å². The zero-order chi connectivity index (χ0) is 12.9. The molecule has 2 aliphatic carbocycles. The van der Waals surface area contributed by atoms with Gasteiger partial charge in [0.05, 0.1) is 5.41 Å². The van der Waals surface area contributed by atoms with E-state index in [9.17, 15) is 0 Å². The van der Waals surface area contributed by atoms with Gasteiger partial charge in [-0.2, -0.15) is 4.98 Å². The van der Waals surface area contributed by atoms with Gasteiger partial charge >= 0.3 is 0 Å². The monoisotopic (exact) mass is 255 g/mol. The molecule has 4 rings (SSSR count). The van der Waals surface area contributed by atoms with Crippen molar-refractivity contribution in [2.24, 2.45) is 0 Å². The summed E-state index contributed by atoms with van der Waals surface area (Å²) in [6, 6.07) is 8.04. The van der Waals surface area contributed by atoms with Crippen LogP contribution in [0, 0.1) is 0 Å². The molecule has 2 aliphatic rings. The molecule has 0 radical (unpaired) electrons. The topological polar surface area (TPSA) is 64.9 Å². The summed E-state index contributed by atoms with van der Waals surface area (Å²) in [6.07, 6.45) is 5.87. The van der Waals surface area contributed by atoms with Crippen molar-refractivity contribution < 1.29 is 4.52 Å².